The smallest absolute Gasteiger partial charge is 0.120 e. The third-order valence-electron chi connectivity index (χ3n) is 6.00. The van der Waals surface area contributed by atoms with E-state index in [1.54, 1.807) is 7.11 Å². The fourth-order valence-corrected chi connectivity index (χ4v) is 4.73. The molecule has 0 spiro atoms. The summed E-state index contributed by atoms with van der Waals surface area (Å²) < 4.78 is 5.26. The standard InChI is InChI=1S/C20H28O2/c1-22-20-10-8-16(9-11-20)18-7-6-17-13-15(3-2-12-21)4-5-19(17)14-18/h8-12,15,17-19H,2-7,13-14H2,1H3. The van der Waals surface area contributed by atoms with E-state index in [0.717, 1.165) is 48.5 Å². The van der Waals surface area contributed by atoms with Crippen LogP contribution in [0.5, 0.6) is 5.75 Å². The van der Waals surface area contributed by atoms with Crippen molar-refractivity contribution in [2.24, 2.45) is 17.8 Å². The Labute approximate surface area is 134 Å². The topological polar surface area (TPSA) is 26.3 Å². The second-order valence-electron chi connectivity index (χ2n) is 7.23. The van der Waals surface area contributed by atoms with E-state index in [-0.39, 0.29) is 0 Å². The molecular weight excluding hydrogens is 272 g/mol. The van der Waals surface area contributed by atoms with Crippen molar-refractivity contribution in [1.82, 2.24) is 0 Å². The summed E-state index contributed by atoms with van der Waals surface area (Å²) in [5.74, 6) is 4.32. The lowest BCUT2D eigenvalue weighted by molar-refractivity contribution is -0.108. The van der Waals surface area contributed by atoms with Gasteiger partial charge in [0.2, 0.25) is 0 Å². The third-order valence-corrected chi connectivity index (χ3v) is 6.00. The largest absolute Gasteiger partial charge is 0.497 e. The lowest BCUT2D eigenvalue weighted by Gasteiger charge is -2.42. The molecule has 0 aliphatic heterocycles. The van der Waals surface area contributed by atoms with Crippen molar-refractivity contribution in [3.8, 4) is 5.75 Å². The minimum Gasteiger partial charge on any atom is -0.497 e. The molecule has 4 unspecified atom stereocenters. The average Bonchev–Trinajstić information content (AvgIpc) is 2.59. The van der Waals surface area contributed by atoms with Crippen LogP contribution in [-0.4, -0.2) is 13.4 Å². The molecule has 0 N–H and O–H groups in total. The number of methoxy groups -OCH3 is 1. The highest BCUT2D eigenvalue weighted by Crippen LogP contribution is 2.48. The van der Waals surface area contributed by atoms with Gasteiger partial charge in [0.05, 0.1) is 7.11 Å². The molecule has 0 radical (unpaired) electrons. The van der Waals surface area contributed by atoms with Crippen molar-refractivity contribution in [3.63, 3.8) is 0 Å². The Morgan fingerprint density at radius 3 is 2.50 bits per heavy atom. The zero-order chi connectivity index (χ0) is 15.4. The van der Waals surface area contributed by atoms with Crippen LogP contribution in [0.2, 0.25) is 0 Å². The van der Waals surface area contributed by atoms with Crippen LogP contribution in [0.25, 0.3) is 0 Å². The Bertz CT molecular complexity index is 479. The molecule has 2 nitrogen and oxygen atoms in total. The molecule has 2 aliphatic carbocycles. The number of carbonyl (C=O) groups is 1. The summed E-state index contributed by atoms with van der Waals surface area (Å²) in [6.07, 6.45) is 11.1. The maximum Gasteiger partial charge on any atom is 0.120 e. The molecule has 2 saturated carbocycles. The molecule has 0 amide bonds. The van der Waals surface area contributed by atoms with Crippen LogP contribution in [0.15, 0.2) is 24.3 Å². The highest BCUT2D eigenvalue weighted by atomic mass is 16.5. The maximum absolute atomic E-state index is 10.6. The minimum atomic E-state index is 0.735. The highest BCUT2D eigenvalue weighted by molar-refractivity contribution is 5.49. The van der Waals surface area contributed by atoms with E-state index >= 15 is 0 Å². The number of rotatable bonds is 5. The van der Waals surface area contributed by atoms with Crippen molar-refractivity contribution in [1.29, 1.82) is 0 Å². The lowest BCUT2D eigenvalue weighted by Crippen LogP contribution is -2.30. The molecule has 22 heavy (non-hydrogen) atoms. The molecule has 120 valence electrons. The van der Waals surface area contributed by atoms with Gasteiger partial charge >= 0.3 is 0 Å². The van der Waals surface area contributed by atoms with E-state index in [1.807, 2.05) is 0 Å². The van der Waals surface area contributed by atoms with Crippen LogP contribution in [-0.2, 0) is 4.79 Å². The van der Waals surface area contributed by atoms with Crippen LogP contribution >= 0.6 is 0 Å². The Balaban J connectivity index is 1.57. The van der Waals surface area contributed by atoms with Crippen molar-refractivity contribution in [2.75, 3.05) is 7.11 Å². The molecule has 1 aromatic rings. The minimum absolute atomic E-state index is 0.735. The normalized spacial score (nSPS) is 31.3. The lowest BCUT2D eigenvalue weighted by atomic mass is 9.63. The van der Waals surface area contributed by atoms with Gasteiger partial charge in [0.1, 0.15) is 12.0 Å². The predicted molar refractivity (Wildman–Crippen MR) is 89.2 cm³/mol. The summed E-state index contributed by atoms with van der Waals surface area (Å²) >= 11 is 0. The van der Waals surface area contributed by atoms with Crippen molar-refractivity contribution >= 4 is 6.29 Å². The zero-order valence-electron chi connectivity index (χ0n) is 13.7. The van der Waals surface area contributed by atoms with Crippen molar-refractivity contribution in [2.45, 2.75) is 57.3 Å². The highest BCUT2D eigenvalue weighted by Gasteiger charge is 2.35. The molecule has 0 aromatic heterocycles. The monoisotopic (exact) mass is 300 g/mol. The maximum atomic E-state index is 10.6. The van der Waals surface area contributed by atoms with Crippen LogP contribution in [0.4, 0.5) is 0 Å². The van der Waals surface area contributed by atoms with Gasteiger partial charge in [0.25, 0.3) is 0 Å². The first-order chi connectivity index (χ1) is 10.8. The van der Waals surface area contributed by atoms with Gasteiger partial charge in [0, 0.05) is 6.42 Å². The SMILES string of the molecule is COc1ccc(C2CCC3CC(CCC=O)CCC3C2)cc1. The van der Waals surface area contributed by atoms with Crippen LogP contribution < -0.4 is 4.74 Å². The summed E-state index contributed by atoms with van der Waals surface area (Å²) in [4.78, 5) is 10.6. The van der Waals surface area contributed by atoms with E-state index in [1.165, 1.54) is 44.1 Å². The number of ether oxygens (including phenoxy) is 1. The molecule has 1 aromatic carbocycles. The van der Waals surface area contributed by atoms with E-state index < -0.39 is 0 Å². The molecule has 2 aliphatic rings. The van der Waals surface area contributed by atoms with E-state index in [2.05, 4.69) is 24.3 Å². The molecule has 0 saturated heterocycles. The fraction of sp³-hybridized carbons (Fsp3) is 0.650. The number of carbonyl (C=O) groups excluding carboxylic acids is 1. The Kier molecular flexibility index (Phi) is 5.17. The van der Waals surface area contributed by atoms with Gasteiger partial charge in [0.15, 0.2) is 0 Å². The van der Waals surface area contributed by atoms with Crippen LogP contribution in [0, 0.1) is 17.8 Å². The second-order valence-corrected chi connectivity index (χ2v) is 7.23. The number of hydrogen-bond acceptors (Lipinski definition) is 2. The number of aldehydes is 1. The number of benzene rings is 1. The first-order valence-corrected chi connectivity index (χ1v) is 8.87. The van der Waals surface area contributed by atoms with Gasteiger partial charge in [-0.1, -0.05) is 18.6 Å². The van der Waals surface area contributed by atoms with Crippen LogP contribution in [0.3, 0.4) is 0 Å². The summed E-state index contributed by atoms with van der Waals surface area (Å²) in [6.45, 7) is 0. The summed E-state index contributed by atoms with van der Waals surface area (Å²) in [7, 11) is 1.73. The zero-order valence-corrected chi connectivity index (χ0v) is 13.7. The fourth-order valence-electron chi connectivity index (χ4n) is 4.73. The molecule has 2 heteroatoms. The third kappa shape index (κ3) is 3.53. The molecular formula is C20H28O2. The van der Waals surface area contributed by atoms with Gasteiger partial charge in [-0.2, -0.15) is 0 Å². The first-order valence-electron chi connectivity index (χ1n) is 8.87. The molecule has 2 fully saturated rings. The Hall–Kier alpha value is -1.31. The summed E-state index contributed by atoms with van der Waals surface area (Å²) in [5.41, 5.74) is 1.49. The van der Waals surface area contributed by atoms with Gasteiger partial charge in [-0.05, 0) is 79.9 Å². The predicted octanol–water partition coefficient (Wildman–Crippen LogP) is 4.97. The van der Waals surface area contributed by atoms with E-state index in [9.17, 15) is 4.79 Å². The van der Waals surface area contributed by atoms with Gasteiger partial charge < -0.3 is 9.53 Å². The summed E-state index contributed by atoms with van der Waals surface area (Å²) in [5, 5.41) is 0. The summed E-state index contributed by atoms with van der Waals surface area (Å²) in [6, 6.07) is 8.69. The molecule has 0 heterocycles. The number of fused-ring (bicyclic) bond motifs is 1. The average molecular weight is 300 g/mol. The van der Waals surface area contributed by atoms with Crippen molar-refractivity contribution in [3.05, 3.63) is 29.8 Å². The second kappa shape index (κ2) is 7.30. The molecule has 4 atom stereocenters. The van der Waals surface area contributed by atoms with Gasteiger partial charge in [-0.25, -0.2) is 0 Å². The van der Waals surface area contributed by atoms with Crippen molar-refractivity contribution < 1.29 is 9.53 Å². The van der Waals surface area contributed by atoms with E-state index in [4.69, 9.17) is 4.74 Å². The Morgan fingerprint density at radius 1 is 1.05 bits per heavy atom. The van der Waals surface area contributed by atoms with Crippen LogP contribution in [0.1, 0.15) is 62.8 Å². The number of hydrogen-bond donors (Lipinski definition) is 0. The quantitative estimate of drug-likeness (QED) is 0.717. The van der Waals surface area contributed by atoms with Gasteiger partial charge in [-0.15, -0.1) is 0 Å². The Morgan fingerprint density at radius 2 is 1.77 bits per heavy atom. The first kappa shape index (κ1) is 15.6. The molecule has 3 rings (SSSR count). The van der Waals surface area contributed by atoms with E-state index in [0.29, 0.717) is 0 Å². The van der Waals surface area contributed by atoms with Gasteiger partial charge in [-0.3, -0.25) is 0 Å². The molecule has 0 bridgehead atoms.